The number of nitrogens with zero attached hydrogens (tertiary/aromatic N) is 3. The minimum Gasteiger partial charge on any atom is -0.435 e. The third kappa shape index (κ3) is 3.59. The summed E-state index contributed by atoms with van der Waals surface area (Å²) in [5, 5.41) is 5.01. The van der Waals surface area contributed by atoms with E-state index in [1.54, 1.807) is 31.0 Å². The molecule has 1 aromatic carbocycles. The molecule has 0 spiro atoms. The molecule has 0 aliphatic heterocycles. The van der Waals surface area contributed by atoms with Crippen LogP contribution in [0.4, 0.5) is 8.78 Å². The van der Waals surface area contributed by atoms with E-state index in [1.165, 1.54) is 17.0 Å². The standard InChI is InChI=1S/C16H14ClF2N3O2S/c1-21(8-9-5-6-20-22(9)2)15(23)14-13(17)11-4-3-10(24-16(18)19)7-12(11)25-14/h3-7,16H,8H2,1-2H3. The van der Waals surface area contributed by atoms with Crippen LogP contribution in [-0.2, 0) is 13.6 Å². The first-order valence-corrected chi connectivity index (χ1v) is 8.45. The van der Waals surface area contributed by atoms with Crippen LogP contribution in [0.2, 0.25) is 5.02 Å². The number of carbonyl (C=O) groups excluding carboxylic acids is 1. The lowest BCUT2D eigenvalue weighted by Gasteiger charge is -2.16. The molecule has 0 N–H and O–H groups in total. The fraction of sp³-hybridized carbons (Fsp3) is 0.250. The van der Waals surface area contributed by atoms with E-state index in [0.29, 0.717) is 26.5 Å². The van der Waals surface area contributed by atoms with Crippen LogP contribution >= 0.6 is 22.9 Å². The van der Waals surface area contributed by atoms with Crippen molar-refractivity contribution in [2.24, 2.45) is 7.05 Å². The number of aromatic nitrogens is 2. The monoisotopic (exact) mass is 385 g/mol. The highest BCUT2D eigenvalue weighted by Crippen LogP contribution is 2.38. The average Bonchev–Trinajstić information content (AvgIpc) is 3.10. The molecule has 132 valence electrons. The molecule has 3 rings (SSSR count). The average molecular weight is 386 g/mol. The molecule has 0 saturated heterocycles. The number of fused-ring (bicyclic) bond motifs is 1. The minimum atomic E-state index is -2.90. The molecule has 0 aliphatic carbocycles. The molecule has 0 bridgehead atoms. The van der Waals surface area contributed by atoms with E-state index < -0.39 is 6.61 Å². The van der Waals surface area contributed by atoms with Crippen molar-refractivity contribution in [2.75, 3.05) is 7.05 Å². The number of hydrogen-bond acceptors (Lipinski definition) is 4. The van der Waals surface area contributed by atoms with Crippen LogP contribution in [0.25, 0.3) is 10.1 Å². The Morgan fingerprint density at radius 2 is 2.20 bits per heavy atom. The van der Waals surface area contributed by atoms with E-state index in [-0.39, 0.29) is 11.7 Å². The maximum absolute atomic E-state index is 12.7. The van der Waals surface area contributed by atoms with Gasteiger partial charge in [0.05, 0.1) is 17.3 Å². The Bertz CT molecular complexity index is 925. The van der Waals surface area contributed by atoms with Gasteiger partial charge in [0, 0.05) is 30.4 Å². The van der Waals surface area contributed by atoms with Gasteiger partial charge < -0.3 is 9.64 Å². The summed E-state index contributed by atoms with van der Waals surface area (Å²) in [6.45, 7) is -2.53. The number of thiophene rings is 1. The third-order valence-electron chi connectivity index (χ3n) is 3.69. The summed E-state index contributed by atoms with van der Waals surface area (Å²) in [7, 11) is 3.46. The van der Waals surface area contributed by atoms with Crippen molar-refractivity contribution in [2.45, 2.75) is 13.2 Å². The highest BCUT2D eigenvalue weighted by Gasteiger charge is 2.21. The van der Waals surface area contributed by atoms with E-state index in [4.69, 9.17) is 11.6 Å². The number of alkyl halides is 2. The van der Waals surface area contributed by atoms with Crippen LogP contribution in [0, 0.1) is 0 Å². The molecule has 9 heteroatoms. The second-order valence-corrected chi connectivity index (χ2v) is 6.82. The SMILES string of the molecule is CN(Cc1ccnn1C)C(=O)c1sc2cc(OC(F)F)ccc2c1Cl. The Morgan fingerprint density at radius 1 is 1.44 bits per heavy atom. The van der Waals surface area contributed by atoms with Crippen molar-refractivity contribution in [3.63, 3.8) is 0 Å². The van der Waals surface area contributed by atoms with Gasteiger partial charge in [-0.2, -0.15) is 13.9 Å². The van der Waals surface area contributed by atoms with Crippen molar-refractivity contribution in [3.05, 3.63) is 46.1 Å². The van der Waals surface area contributed by atoms with E-state index in [2.05, 4.69) is 9.84 Å². The molecule has 0 unspecified atom stereocenters. The Labute approximate surface area is 151 Å². The molecule has 2 aromatic heterocycles. The smallest absolute Gasteiger partial charge is 0.387 e. The molecule has 0 saturated carbocycles. The first-order chi connectivity index (χ1) is 11.9. The molecule has 1 amide bonds. The van der Waals surface area contributed by atoms with Crippen LogP contribution in [0.1, 0.15) is 15.4 Å². The van der Waals surface area contributed by atoms with Gasteiger partial charge in [0.25, 0.3) is 5.91 Å². The van der Waals surface area contributed by atoms with Gasteiger partial charge in [-0.1, -0.05) is 11.6 Å². The van der Waals surface area contributed by atoms with Crippen LogP contribution in [0.5, 0.6) is 5.75 Å². The summed E-state index contributed by atoms with van der Waals surface area (Å²) in [5.74, 6) is -0.216. The van der Waals surface area contributed by atoms with Crippen LogP contribution < -0.4 is 4.74 Å². The fourth-order valence-corrected chi connectivity index (χ4v) is 3.94. The molecule has 0 aliphatic rings. The third-order valence-corrected chi connectivity index (χ3v) is 5.33. The van der Waals surface area contributed by atoms with Crippen molar-refractivity contribution in [1.82, 2.24) is 14.7 Å². The van der Waals surface area contributed by atoms with Gasteiger partial charge in [-0.15, -0.1) is 11.3 Å². The normalized spacial score (nSPS) is 11.3. The maximum Gasteiger partial charge on any atom is 0.387 e. The number of amides is 1. The lowest BCUT2D eigenvalue weighted by molar-refractivity contribution is -0.0497. The molecule has 3 aromatic rings. The second kappa shape index (κ2) is 6.97. The molecular formula is C16H14ClF2N3O2S. The van der Waals surface area contributed by atoms with Crippen molar-refractivity contribution >= 4 is 38.9 Å². The summed E-state index contributed by atoms with van der Waals surface area (Å²) in [6, 6.07) is 6.25. The summed E-state index contributed by atoms with van der Waals surface area (Å²) in [5.41, 5.74) is 0.876. The maximum atomic E-state index is 12.7. The Morgan fingerprint density at radius 3 is 2.84 bits per heavy atom. The highest BCUT2D eigenvalue weighted by molar-refractivity contribution is 7.21. The Balaban J connectivity index is 1.88. The largest absolute Gasteiger partial charge is 0.435 e. The number of aryl methyl sites for hydroxylation is 1. The predicted molar refractivity (Wildman–Crippen MR) is 92.5 cm³/mol. The molecule has 0 fully saturated rings. The lowest BCUT2D eigenvalue weighted by Crippen LogP contribution is -2.26. The summed E-state index contributed by atoms with van der Waals surface area (Å²) >= 11 is 7.47. The number of hydrogen-bond donors (Lipinski definition) is 0. The number of carbonyl (C=O) groups is 1. The quantitative estimate of drug-likeness (QED) is 0.662. The zero-order valence-electron chi connectivity index (χ0n) is 13.4. The predicted octanol–water partition coefficient (Wildman–Crippen LogP) is 4.16. The van der Waals surface area contributed by atoms with E-state index in [1.807, 2.05) is 6.07 Å². The van der Waals surface area contributed by atoms with E-state index in [0.717, 1.165) is 17.0 Å². The molecular weight excluding hydrogens is 372 g/mol. The number of benzene rings is 1. The van der Waals surface area contributed by atoms with Gasteiger partial charge >= 0.3 is 6.61 Å². The zero-order chi connectivity index (χ0) is 18.1. The van der Waals surface area contributed by atoms with Crippen LogP contribution in [0.15, 0.2) is 30.5 Å². The number of ether oxygens (including phenoxy) is 1. The van der Waals surface area contributed by atoms with Gasteiger partial charge in [-0.05, 0) is 24.3 Å². The molecule has 0 atom stereocenters. The first-order valence-electron chi connectivity index (χ1n) is 7.26. The minimum absolute atomic E-state index is 0.0302. The highest BCUT2D eigenvalue weighted by atomic mass is 35.5. The summed E-state index contributed by atoms with van der Waals surface area (Å²) < 4.78 is 31.4. The topological polar surface area (TPSA) is 47.4 Å². The van der Waals surface area contributed by atoms with Gasteiger partial charge in [-0.25, -0.2) is 0 Å². The van der Waals surface area contributed by atoms with Gasteiger partial charge in [0.1, 0.15) is 10.6 Å². The van der Waals surface area contributed by atoms with Crippen LogP contribution in [0.3, 0.4) is 0 Å². The Kier molecular flexibility index (Phi) is 4.91. The first kappa shape index (κ1) is 17.6. The molecule has 2 heterocycles. The van der Waals surface area contributed by atoms with Crippen LogP contribution in [-0.4, -0.2) is 34.2 Å². The second-order valence-electron chi connectivity index (χ2n) is 5.39. The van der Waals surface area contributed by atoms with E-state index in [9.17, 15) is 13.6 Å². The fourth-order valence-electron chi connectivity index (χ4n) is 2.40. The summed E-state index contributed by atoms with van der Waals surface area (Å²) in [6.07, 6.45) is 1.66. The number of rotatable bonds is 5. The lowest BCUT2D eigenvalue weighted by atomic mass is 10.2. The van der Waals surface area contributed by atoms with E-state index >= 15 is 0 Å². The van der Waals surface area contributed by atoms with Gasteiger partial charge in [0.15, 0.2) is 0 Å². The zero-order valence-corrected chi connectivity index (χ0v) is 14.9. The number of halogens is 3. The van der Waals surface area contributed by atoms with Crippen molar-refractivity contribution < 1.29 is 18.3 Å². The Hall–Kier alpha value is -2.19. The summed E-state index contributed by atoms with van der Waals surface area (Å²) in [4.78, 5) is 14.6. The van der Waals surface area contributed by atoms with Gasteiger partial charge in [0.2, 0.25) is 0 Å². The molecule has 25 heavy (non-hydrogen) atoms. The van der Waals surface area contributed by atoms with Crippen molar-refractivity contribution in [1.29, 1.82) is 0 Å². The molecule has 5 nitrogen and oxygen atoms in total. The van der Waals surface area contributed by atoms with Gasteiger partial charge in [-0.3, -0.25) is 9.48 Å². The van der Waals surface area contributed by atoms with Crippen molar-refractivity contribution in [3.8, 4) is 5.75 Å². The molecule has 0 radical (unpaired) electrons.